The molecule has 142 valence electrons. The molecule has 0 saturated carbocycles. The van der Waals surface area contributed by atoms with Crippen LogP contribution in [0.25, 0.3) is 27.9 Å². The zero-order chi connectivity index (χ0) is 19.7. The summed E-state index contributed by atoms with van der Waals surface area (Å²) in [5, 5.41) is 0. The monoisotopic (exact) mass is 440 g/mol. The Kier molecular flexibility index (Phi) is 4.97. The van der Waals surface area contributed by atoms with Gasteiger partial charge >= 0.3 is 5.97 Å². The molecule has 0 fully saturated rings. The third-order valence-electron chi connectivity index (χ3n) is 4.31. The maximum Gasteiger partial charge on any atom is 0.344 e. The Bertz CT molecular complexity index is 1170. The van der Waals surface area contributed by atoms with Crippen molar-refractivity contribution in [1.29, 1.82) is 0 Å². The number of methoxy groups -OCH3 is 1. The molecule has 4 rings (SSSR count). The number of benzene rings is 2. The first-order chi connectivity index (χ1) is 13.6. The van der Waals surface area contributed by atoms with Gasteiger partial charge in [0.05, 0.1) is 17.6 Å². The predicted molar refractivity (Wildman–Crippen MR) is 111 cm³/mol. The van der Waals surface area contributed by atoms with Crippen molar-refractivity contribution in [2.24, 2.45) is 0 Å². The van der Waals surface area contributed by atoms with Crippen molar-refractivity contribution in [3.63, 3.8) is 0 Å². The third-order valence-corrected chi connectivity index (χ3v) is 4.84. The zero-order valence-electron chi connectivity index (χ0n) is 15.1. The number of hydrogen-bond acceptors (Lipinski definition) is 6. The van der Waals surface area contributed by atoms with Crippen LogP contribution in [0.3, 0.4) is 0 Å². The van der Waals surface area contributed by atoms with Gasteiger partial charge in [0.25, 0.3) is 0 Å². The zero-order valence-corrected chi connectivity index (χ0v) is 16.6. The molecule has 4 aromatic rings. The number of halogens is 1. The van der Waals surface area contributed by atoms with Gasteiger partial charge in [-0.15, -0.1) is 0 Å². The average Bonchev–Trinajstić information content (AvgIpc) is 2.98. The molecule has 2 aromatic carbocycles. The Balaban J connectivity index is 1.97. The van der Waals surface area contributed by atoms with Gasteiger partial charge in [0.15, 0.2) is 5.65 Å². The van der Waals surface area contributed by atoms with Crippen molar-refractivity contribution >= 4 is 49.9 Å². The second-order valence-electron chi connectivity index (χ2n) is 6.09. The van der Waals surface area contributed by atoms with Crippen LogP contribution in [0.15, 0.2) is 53.0 Å². The standard InChI is InChI=1S/C20H17BrN4O3/c1-27-10-11-28-20(26)16-17-19(24-15-5-3-2-4-14(15)23-17)25(18(16)22)13-8-6-12(21)7-9-13/h2-9H,10-11,22H2,1H3. The van der Waals surface area contributed by atoms with Crippen molar-refractivity contribution in [2.75, 3.05) is 26.1 Å². The maximum atomic E-state index is 12.7. The van der Waals surface area contributed by atoms with Gasteiger partial charge in [0.1, 0.15) is 23.5 Å². The topological polar surface area (TPSA) is 92.3 Å². The lowest BCUT2D eigenvalue weighted by molar-refractivity contribution is 0.0391. The molecule has 2 aromatic heterocycles. The summed E-state index contributed by atoms with van der Waals surface area (Å²) >= 11 is 3.43. The number of fused-ring (bicyclic) bond motifs is 2. The van der Waals surface area contributed by atoms with Crippen LogP contribution >= 0.6 is 15.9 Å². The van der Waals surface area contributed by atoms with Crippen molar-refractivity contribution in [1.82, 2.24) is 14.5 Å². The lowest BCUT2D eigenvalue weighted by atomic mass is 10.2. The Morgan fingerprint density at radius 1 is 1.07 bits per heavy atom. The summed E-state index contributed by atoms with van der Waals surface area (Å²) in [6.45, 7) is 0.423. The second kappa shape index (κ2) is 7.57. The molecule has 0 aliphatic carbocycles. The van der Waals surface area contributed by atoms with Gasteiger partial charge in [-0.1, -0.05) is 28.1 Å². The number of hydrogen-bond donors (Lipinski definition) is 1. The first-order valence-corrected chi connectivity index (χ1v) is 9.38. The molecule has 7 nitrogen and oxygen atoms in total. The number of nitrogens with two attached hydrogens (primary N) is 1. The number of aromatic nitrogens is 3. The van der Waals surface area contributed by atoms with Crippen LogP contribution in [0.5, 0.6) is 0 Å². The summed E-state index contributed by atoms with van der Waals surface area (Å²) in [7, 11) is 1.54. The van der Waals surface area contributed by atoms with Gasteiger partial charge in [-0.25, -0.2) is 14.8 Å². The molecule has 0 bridgehead atoms. The van der Waals surface area contributed by atoms with E-state index >= 15 is 0 Å². The number of ether oxygens (including phenoxy) is 2. The molecular weight excluding hydrogens is 424 g/mol. The Morgan fingerprint density at radius 3 is 2.43 bits per heavy atom. The van der Waals surface area contributed by atoms with Crippen molar-refractivity contribution in [2.45, 2.75) is 0 Å². The highest BCUT2D eigenvalue weighted by Crippen LogP contribution is 2.31. The van der Waals surface area contributed by atoms with Crippen LogP contribution in [0.1, 0.15) is 10.4 Å². The number of nitrogens with zero attached hydrogens (tertiary/aromatic N) is 3. The number of esters is 1. The van der Waals surface area contributed by atoms with E-state index in [-0.39, 0.29) is 18.0 Å². The molecule has 0 aliphatic rings. The number of rotatable bonds is 5. The summed E-state index contributed by atoms with van der Waals surface area (Å²) in [5.74, 6) is -0.324. The van der Waals surface area contributed by atoms with Crippen molar-refractivity contribution < 1.29 is 14.3 Å². The van der Waals surface area contributed by atoms with E-state index in [1.807, 2.05) is 48.5 Å². The minimum absolute atomic E-state index is 0.126. The first kappa shape index (κ1) is 18.4. The van der Waals surface area contributed by atoms with E-state index in [2.05, 4.69) is 20.9 Å². The SMILES string of the molecule is COCCOC(=O)c1c(N)n(-c2ccc(Br)cc2)c2nc3ccccc3nc12. The first-order valence-electron chi connectivity index (χ1n) is 8.59. The normalized spacial score (nSPS) is 11.2. The molecule has 0 unspecified atom stereocenters. The maximum absolute atomic E-state index is 12.7. The van der Waals surface area contributed by atoms with Crippen molar-refractivity contribution in [3.8, 4) is 5.69 Å². The highest BCUT2D eigenvalue weighted by Gasteiger charge is 2.25. The molecule has 0 atom stereocenters. The predicted octanol–water partition coefficient (Wildman–Crippen LogP) is 3.72. The minimum Gasteiger partial charge on any atom is -0.459 e. The van der Waals surface area contributed by atoms with E-state index < -0.39 is 5.97 Å². The molecule has 0 radical (unpaired) electrons. The third kappa shape index (κ3) is 3.21. The summed E-state index contributed by atoms with van der Waals surface area (Å²) < 4.78 is 12.9. The second-order valence-corrected chi connectivity index (χ2v) is 7.00. The summed E-state index contributed by atoms with van der Waals surface area (Å²) in [6, 6.07) is 15.0. The van der Waals surface area contributed by atoms with E-state index in [4.69, 9.17) is 20.2 Å². The van der Waals surface area contributed by atoms with E-state index in [1.165, 1.54) is 0 Å². The largest absolute Gasteiger partial charge is 0.459 e. The summed E-state index contributed by atoms with van der Waals surface area (Å²) in [6.07, 6.45) is 0. The summed E-state index contributed by atoms with van der Waals surface area (Å²) in [4.78, 5) is 22.1. The molecule has 0 spiro atoms. The molecule has 2 N–H and O–H groups in total. The number of carbonyl (C=O) groups is 1. The highest BCUT2D eigenvalue weighted by atomic mass is 79.9. The number of nitrogen functional groups attached to an aromatic ring is 1. The molecule has 2 heterocycles. The quantitative estimate of drug-likeness (QED) is 0.375. The van der Waals surface area contributed by atoms with Gasteiger partial charge < -0.3 is 15.2 Å². The van der Waals surface area contributed by atoms with Crippen molar-refractivity contribution in [3.05, 3.63) is 58.6 Å². The summed E-state index contributed by atoms with van der Waals surface area (Å²) in [5.41, 5.74) is 9.65. The average molecular weight is 441 g/mol. The van der Waals surface area contributed by atoms with Gasteiger partial charge in [0, 0.05) is 17.3 Å². The fourth-order valence-electron chi connectivity index (χ4n) is 3.00. The van der Waals surface area contributed by atoms with Gasteiger partial charge in [0.2, 0.25) is 0 Å². The van der Waals surface area contributed by atoms with Gasteiger partial charge in [-0.3, -0.25) is 4.57 Å². The smallest absolute Gasteiger partial charge is 0.344 e. The lowest BCUT2D eigenvalue weighted by Gasteiger charge is -2.08. The van der Waals surface area contributed by atoms with Gasteiger partial charge in [-0.2, -0.15) is 0 Å². The van der Waals surface area contributed by atoms with Gasteiger partial charge in [-0.05, 0) is 36.4 Å². The number of anilines is 1. The Labute approximate surface area is 169 Å². The van der Waals surface area contributed by atoms with E-state index in [0.717, 1.165) is 10.2 Å². The van der Waals surface area contributed by atoms with Crippen LogP contribution in [0, 0.1) is 0 Å². The lowest BCUT2D eigenvalue weighted by Crippen LogP contribution is -2.12. The van der Waals surface area contributed by atoms with E-state index in [0.29, 0.717) is 28.8 Å². The van der Waals surface area contributed by atoms with Crippen LogP contribution in [-0.2, 0) is 9.47 Å². The highest BCUT2D eigenvalue weighted by molar-refractivity contribution is 9.10. The Hall–Kier alpha value is -2.97. The molecular formula is C20H17BrN4O3. The molecule has 0 saturated heterocycles. The Morgan fingerprint density at radius 2 is 1.75 bits per heavy atom. The fraction of sp³-hybridized carbons (Fsp3) is 0.150. The molecule has 8 heteroatoms. The molecule has 28 heavy (non-hydrogen) atoms. The van der Waals surface area contributed by atoms with E-state index in [1.54, 1.807) is 11.7 Å². The number of para-hydroxylation sites is 2. The van der Waals surface area contributed by atoms with Crippen LogP contribution < -0.4 is 5.73 Å². The molecule has 0 amide bonds. The van der Waals surface area contributed by atoms with Crippen LogP contribution in [0.4, 0.5) is 5.82 Å². The van der Waals surface area contributed by atoms with E-state index in [9.17, 15) is 4.79 Å². The minimum atomic E-state index is -0.556. The number of carbonyl (C=O) groups excluding carboxylic acids is 1. The van der Waals surface area contributed by atoms with Crippen LogP contribution in [0.2, 0.25) is 0 Å². The molecule has 0 aliphatic heterocycles. The van der Waals surface area contributed by atoms with Crippen LogP contribution in [-0.4, -0.2) is 40.8 Å². The fourth-order valence-corrected chi connectivity index (χ4v) is 3.27.